The first kappa shape index (κ1) is 25.0. The van der Waals surface area contributed by atoms with Crippen LogP contribution in [0.1, 0.15) is 37.2 Å². The number of morpholine rings is 1. The van der Waals surface area contributed by atoms with Gasteiger partial charge in [0, 0.05) is 37.2 Å². The molecular formula is C24H26F4N4O3. The molecule has 0 aliphatic carbocycles. The lowest BCUT2D eigenvalue weighted by Crippen LogP contribution is -2.47. The van der Waals surface area contributed by atoms with Gasteiger partial charge >= 0.3 is 6.18 Å². The van der Waals surface area contributed by atoms with Gasteiger partial charge in [-0.1, -0.05) is 6.92 Å². The van der Waals surface area contributed by atoms with Gasteiger partial charge in [0.15, 0.2) is 11.5 Å². The Labute approximate surface area is 200 Å². The molecule has 35 heavy (non-hydrogen) atoms. The van der Waals surface area contributed by atoms with Crippen molar-refractivity contribution in [3.63, 3.8) is 0 Å². The molecular weight excluding hydrogens is 468 g/mol. The molecule has 1 aromatic carbocycles. The van der Waals surface area contributed by atoms with E-state index in [4.69, 9.17) is 4.74 Å². The average molecular weight is 494 g/mol. The van der Waals surface area contributed by atoms with E-state index < -0.39 is 17.7 Å². The summed E-state index contributed by atoms with van der Waals surface area (Å²) in [6.07, 6.45) is -4.64. The van der Waals surface area contributed by atoms with Crippen molar-refractivity contribution in [2.24, 2.45) is 5.92 Å². The summed E-state index contributed by atoms with van der Waals surface area (Å²) in [4.78, 5) is 36.3. The minimum absolute atomic E-state index is 0.0162. The van der Waals surface area contributed by atoms with Gasteiger partial charge in [0.25, 0.3) is 0 Å². The summed E-state index contributed by atoms with van der Waals surface area (Å²) in [5.74, 6) is -1.17. The number of rotatable bonds is 5. The second kappa shape index (κ2) is 9.88. The zero-order chi connectivity index (χ0) is 25.3. The number of amides is 2. The topological polar surface area (TPSA) is 75.6 Å². The number of hydrogen-bond donors (Lipinski definition) is 0. The lowest BCUT2D eigenvalue weighted by Gasteiger charge is -2.34. The zero-order valence-corrected chi connectivity index (χ0v) is 19.4. The lowest BCUT2D eigenvalue weighted by molar-refractivity contribution is -0.149. The maximum Gasteiger partial charge on any atom is 0.433 e. The normalized spacial score (nSPS) is 19.5. The van der Waals surface area contributed by atoms with Crippen molar-refractivity contribution >= 4 is 11.8 Å². The van der Waals surface area contributed by atoms with Crippen LogP contribution < -0.4 is 0 Å². The van der Waals surface area contributed by atoms with Crippen LogP contribution in [0, 0.1) is 11.7 Å². The van der Waals surface area contributed by atoms with Crippen molar-refractivity contribution < 1.29 is 31.9 Å². The van der Waals surface area contributed by atoms with E-state index >= 15 is 0 Å². The van der Waals surface area contributed by atoms with Gasteiger partial charge in [-0.15, -0.1) is 0 Å². The van der Waals surface area contributed by atoms with Crippen LogP contribution in [0.3, 0.4) is 0 Å². The van der Waals surface area contributed by atoms with Crippen LogP contribution in [0.5, 0.6) is 0 Å². The Bertz CT molecular complexity index is 1110. The number of hydrogen-bond acceptors (Lipinski definition) is 5. The molecule has 2 amide bonds. The van der Waals surface area contributed by atoms with Gasteiger partial charge in [-0.2, -0.15) is 13.2 Å². The van der Waals surface area contributed by atoms with Crippen LogP contribution in [0.4, 0.5) is 17.6 Å². The third-order valence-electron chi connectivity index (χ3n) is 6.17. The molecule has 0 unspecified atom stereocenters. The molecule has 3 heterocycles. The highest BCUT2D eigenvalue weighted by atomic mass is 19.4. The average Bonchev–Trinajstić information content (AvgIpc) is 2.80. The summed E-state index contributed by atoms with van der Waals surface area (Å²) in [6, 6.07) is 4.89. The van der Waals surface area contributed by atoms with Crippen molar-refractivity contribution in [3.05, 3.63) is 47.0 Å². The molecule has 0 bridgehead atoms. The zero-order valence-electron chi connectivity index (χ0n) is 19.4. The van der Waals surface area contributed by atoms with Crippen LogP contribution in [-0.4, -0.2) is 63.9 Å². The molecule has 0 spiro atoms. The number of nitrogens with zero attached hydrogens (tertiary/aromatic N) is 4. The molecule has 0 saturated carbocycles. The van der Waals surface area contributed by atoms with E-state index in [1.807, 2.05) is 13.8 Å². The fraction of sp³-hybridized carbons (Fsp3) is 0.500. The highest BCUT2D eigenvalue weighted by molar-refractivity contribution is 5.79. The molecule has 0 N–H and O–H groups in total. The highest BCUT2D eigenvalue weighted by Crippen LogP contribution is 2.35. The minimum atomic E-state index is -4.69. The third kappa shape index (κ3) is 5.77. The number of fused-ring (bicyclic) bond motifs is 1. The number of carbonyl (C=O) groups excluding carboxylic acids is 2. The molecule has 1 saturated heterocycles. The first-order valence-electron chi connectivity index (χ1n) is 11.4. The molecule has 188 valence electrons. The number of carbonyl (C=O) groups is 2. The van der Waals surface area contributed by atoms with Gasteiger partial charge in [-0.3, -0.25) is 9.59 Å². The number of alkyl halides is 3. The Morgan fingerprint density at radius 3 is 2.63 bits per heavy atom. The van der Waals surface area contributed by atoms with Crippen LogP contribution in [-0.2, 0) is 33.5 Å². The Morgan fingerprint density at radius 2 is 1.94 bits per heavy atom. The van der Waals surface area contributed by atoms with Gasteiger partial charge < -0.3 is 14.5 Å². The van der Waals surface area contributed by atoms with E-state index in [2.05, 4.69) is 9.97 Å². The van der Waals surface area contributed by atoms with Crippen molar-refractivity contribution in [1.29, 1.82) is 0 Å². The summed E-state index contributed by atoms with van der Waals surface area (Å²) in [5, 5.41) is 0. The summed E-state index contributed by atoms with van der Waals surface area (Å²) >= 11 is 0. The summed E-state index contributed by atoms with van der Waals surface area (Å²) in [7, 11) is 0. The smallest absolute Gasteiger partial charge is 0.367 e. The maximum absolute atomic E-state index is 13.8. The van der Waals surface area contributed by atoms with Gasteiger partial charge in [-0.05, 0) is 43.5 Å². The first-order chi connectivity index (χ1) is 16.5. The molecule has 2 aliphatic rings. The Morgan fingerprint density at radius 1 is 1.23 bits per heavy atom. The SMILES string of the molecule is C[C@@H](CC(=O)N1CCc2c(nc(-c3ccc(F)cc3)nc2C(F)(F)F)C1)CN1C[C@H](C)OCC1=O. The predicted molar refractivity (Wildman–Crippen MR) is 117 cm³/mol. The number of ether oxygens (including phenoxy) is 1. The van der Waals surface area contributed by atoms with Gasteiger partial charge in [0.05, 0.1) is 18.3 Å². The maximum atomic E-state index is 13.8. The van der Waals surface area contributed by atoms with Crippen LogP contribution >= 0.6 is 0 Å². The Balaban J connectivity index is 1.51. The molecule has 1 aromatic heterocycles. The van der Waals surface area contributed by atoms with E-state index in [0.29, 0.717) is 13.1 Å². The van der Waals surface area contributed by atoms with Crippen molar-refractivity contribution in [2.45, 2.75) is 45.5 Å². The largest absolute Gasteiger partial charge is 0.433 e. The van der Waals surface area contributed by atoms with Gasteiger partial charge in [0.2, 0.25) is 11.8 Å². The third-order valence-corrected chi connectivity index (χ3v) is 6.17. The highest BCUT2D eigenvalue weighted by Gasteiger charge is 2.39. The predicted octanol–water partition coefficient (Wildman–Crippen LogP) is 3.46. The molecule has 1 fully saturated rings. The Kier molecular flexibility index (Phi) is 7.07. The van der Waals surface area contributed by atoms with E-state index in [0.717, 1.165) is 12.1 Å². The van der Waals surface area contributed by atoms with Crippen LogP contribution in [0.2, 0.25) is 0 Å². The first-order valence-corrected chi connectivity index (χ1v) is 11.4. The summed E-state index contributed by atoms with van der Waals surface area (Å²) in [6.45, 7) is 4.65. The van der Waals surface area contributed by atoms with E-state index in [-0.39, 0.29) is 79.0 Å². The van der Waals surface area contributed by atoms with Crippen LogP contribution in [0.25, 0.3) is 11.4 Å². The van der Waals surface area contributed by atoms with Crippen molar-refractivity contribution in [3.8, 4) is 11.4 Å². The minimum Gasteiger partial charge on any atom is -0.367 e. The van der Waals surface area contributed by atoms with Crippen LogP contribution in [0.15, 0.2) is 24.3 Å². The fourth-order valence-corrected chi connectivity index (χ4v) is 4.42. The molecule has 2 aromatic rings. The van der Waals surface area contributed by atoms with E-state index in [9.17, 15) is 27.2 Å². The summed E-state index contributed by atoms with van der Waals surface area (Å²) in [5.41, 5.74) is -0.659. The molecule has 4 rings (SSSR count). The number of benzene rings is 1. The van der Waals surface area contributed by atoms with E-state index in [1.54, 1.807) is 4.90 Å². The molecule has 0 radical (unpaired) electrons. The summed E-state index contributed by atoms with van der Waals surface area (Å²) < 4.78 is 59.9. The second-order valence-electron chi connectivity index (χ2n) is 9.12. The van der Waals surface area contributed by atoms with E-state index in [1.165, 1.54) is 17.0 Å². The molecule has 11 heteroatoms. The van der Waals surface area contributed by atoms with Gasteiger partial charge in [0.1, 0.15) is 12.4 Å². The monoisotopic (exact) mass is 494 g/mol. The van der Waals surface area contributed by atoms with Gasteiger partial charge in [-0.25, -0.2) is 14.4 Å². The quantitative estimate of drug-likeness (QED) is 0.596. The Hall–Kier alpha value is -3.08. The second-order valence-corrected chi connectivity index (χ2v) is 9.12. The molecule has 7 nitrogen and oxygen atoms in total. The standard InChI is InChI=1S/C24H26F4N4O3/c1-14(10-32-11-15(2)35-13-21(32)34)9-20(33)31-8-7-18-19(12-31)29-23(30-22(18)24(26,27)28)16-3-5-17(25)6-4-16/h3-6,14-15H,7-13H2,1-2H3/t14-,15-/m0/s1. The number of halogens is 4. The number of aromatic nitrogens is 2. The lowest BCUT2D eigenvalue weighted by atomic mass is 10.00. The molecule has 2 atom stereocenters. The molecule has 2 aliphatic heterocycles. The van der Waals surface area contributed by atoms with Crippen molar-refractivity contribution in [2.75, 3.05) is 26.2 Å². The fourth-order valence-electron chi connectivity index (χ4n) is 4.42. The van der Waals surface area contributed by atoms with Crippen molar-refractivity contribution in [1.82, 2.24) is 19.8 Å².